The van der Waals surface area contributed by atoms with E-state index in [1.165, 1.54) is 6.20 Å². The van der Waals surface area contributed by atoms with Crippen molar-refractivity contribution in [3.8, 4) is 0 Å². The second-order valence-corrected chi connectivity index (χ2v) is 2.67. The third-order valence-electron chi connectivity index (χ3n) is 1.26. The van der Waals surface area contributed by atoms with Crippen LogP contribution in [0.4, 0.5) is 5.69 Å². The van der Waals surface area contributed by atoms with Crippen molar-refractivity contribution in [2.75, 3.05) is 19.0 Å². The molecule has 0 spiro atoms. The van der Waals surface area contributed by atoms with Gasteiger partial charge in [0.15, 0.2) is 0 Å². The lowest BCUT2D eigenvalue weighted by molar-refractivity contribution is 0.968. The number of halogens is 1. The van der Waals surface area contributed by atoms with Gasteiger partial charge in [-0.1, -0.05) is 11.6 Å². The van der Waals surface area contributed by atoms with E-state index in [2.05, 4.69) is 10.2 Å². The van der Waals surface area contributed by atoms with Gasteiger partial charge in [0, 0.05) is 14.1 Å². The van der Waals surface area contributed by atoms with E-state index in [9.17, 15) is 4.79 Å². The van der Waals surface area contributed by atoms with Gasteiger partial charge in [-0.15, -0.1) is 0 Å². The van der Waals surface area contributed by atoms with Gasteiger partial charge in [-0.3, -0.25) is 4.79 Å². The second-order valence-electron chi connectivity index (χ2n) is 2.29. The number of nitrogens with one attached hydrogen (secondary N) is 1. The molecule has 1 rings (SSSR count). The van der Waals surface area contributed by atoms with Crippen LogP contribution in [0.15, 0.2) is 11.0 Å². The molecule has 0 fully saturated rings. The zero-order valence-corrected chi connectivity index (χ0v) is 7.01. The Bertz CT molecular complexity index is 307. The number of aromatic amines is 1. The molecule has 0 unspecified atom stereocenters. The first-order valence-electron chi connectivity index (χ1n) is 3.03. The molecule has 1 aromatic rings. The molecule has 0 radical (unpaired) electrons. The summed E-state index contributed by atoms with van der Waals surface area (Å²) in [6, 6.07) is 0. The molecule has 1 aromatic heterocycles. The number of hydrogen-bond donors (Lipinski definition) is 1. The summed E-state index contributed by atoms with van der Waals surface area (Å²) in [5.74, 6) is 0. The minimum atomic E-state index is -0.363. The molecule has 5 heteroatoms. The normalized spacial score (nSPS) is 9.73. The van der Waals surface area contributed by atoms with E-state index in [-0.39, 0.29) is 10.6 Å². The van der Waals surface area contributed by atoms with Gasteiger partial charge in [0.25, 0.3) is 5.56 Å². The Hall–Kier alpha value is -1.03. The first-order chi connectivity index (χ1) is 5.13. The third-order valence-corrected chi connectivity index (χ3v) is 1.62. The smallest absolute Gasteiger partial charge is 0.285 e. The maximum absolute atomic E-state index is 10.9. The van der Waals surface area contributed by atoms with Gasteiger partial charge < -0.3 is 4.90 Å². The minimum absolute atomic E-state index is 0.171. The predicted octanol–water partition coefficient (Wildman–Crippen LogP) is 0.489. The van der Waals surface area contributed by atoms with E-state index in [1.54, 1.807) is 19.0 Å². The number of hydrogen-bond acceptors (Lipinski definition) is 3. The Morgan fingerprint density at radius 2 is 2.27 bits per heavy atom. The zero-order valence-electron chi connectivity index (χ0n) is 6.26. The SMILES string of the molecule is CN(C)c1cn[nH]c(=O)c1Cl. The topological polar surface area (TPSA) is 49.0 Å². The molecule has 1 N–H and O–H groups in total. The van der Waals surface area contributed by atoms with Crippen molar-refractivity contribution in [3.63, 3.8) is 0 Å². The lowest BCUT2D eigenvalue weighted by Crippen LogP contribution is -2.16. The van der Waals surface area contributed by atoms with Crippen molar-refractivity contribution in [1.29, 1.82) is 0 Å². The van der Waals surface area contributed by atoms with Gasteiger partial charge in [-0.05, 0) is 0 Å². The molecule has 0 aliphatic heterocycles. The van der Waals surface area contributed by atoms with Crippen LogP contribution in [0.5, 0.6) is 0 Å². The Morgan fingerprint density at radius 3 is 2.73 bits per heavy atom. The van der Waals surface area contributed by atoms with E-state index in [0.717, 1.165) is 0 Å². The van der Waals surface area contributed by atoms with Gasteiger partial charge in [0.05, 0.1) is 11.9 Å². The second kappa shape index (κ2) is 2.92. The molecule has 0 saturated heterocycles. The molecule has 60 valence electrons. The summed E-state index contributed by atoms with van der Waals surface area (Å²) in [6.07, 6.45) is 1.50. The van der Waals surface area contributed by atoms with Crippen molar-refractivity contribution in [1.82, 2.24) is 10.2 Å². The number of aromatic nitrogens is 2. The molecule has 0 bridgehead atoms. The van der Waals surface area contributed by atoms with Crippen molar-refractivity contribution < 1.29 is 0 Å². The summed E-state index contributed by atoms with van der Waals surface area (Å²) in [5, 5.41) is 6.00. The van der Waals surface area contributed by atoms with E-state index < -0.39 is 0 Å². The van der Waals surface area contributed by atoms with E-state index in [4.69, 9.17) is 11.6 Å². The lowest BCUT2D eigenvalue weighted by Gasteiger charge is -2.11. The minimum Gasteiger partial charge on any atom is -0.375 e. The average Bonchev–Trinajstić information content (AvgIpc) is 1.94. The lowest BCUT2D eigenvalue weighted by atomic mass is 10.4. The fraction of sp³-hybridized carbons (Fsp3) is 0.333. The molecule has 1 heterocycles. The fourth-order valence-electron chi connectivity index (χ4n) is 0.686. The van der Waals surface area contributed by atoms with Crippen molar-refractivity contribution in [2.45, 2.75) is 0 Å². The van der Waals surface area contributed by atoms with E-state index >= 15 is 0 Å². The van der Waals surface area contributed by atoms with Crippen LogP contribution in [-0.4, -0.2) is 24.3 Å². The zero-order chi connectivity index (χ0) is 8.43. The Morgan fingerprint density at radius 1 is 1.64 bits per heavy atom. The summed E-state index contributed by atoms with van der Waals surface area (Å²) < 4.78 is 0. The number of H-pyrrole nitrogens is 1. The van der Waals surface area contributed by atoms with Crippen molar-refractivity contribution >= 4 is 17.3 Å². The fourth-order valence-corrected chi connectivity index (χ4v) is 0.946. The standard InChI is InChI=1S/C6H8ClN3O/c1-10(2)4-3-8-9-6(11)5(4)7/h3H,1-2H3,(H,9,11). The summed E-state index contributed by atoms with van der Waals surface area (Å²) in [4.78, 5) is 12.6. The quantitative estimate of drug-likeness (QED) is 0.673. The van der Waals surface area contributed by atoms with Gasteiger partial charge in [-0.2, -0.15) is 5.10 Å². The van der Waals surface area contributed by atoms with Crippen LogP contribution in [-0.2, 0) is 0 Å². The van der Waals surface area contributed by atoms with E-state index in [0.29, 0.717) is 5.69 Å². The van der Waals surface area contributed by atoms with Crippen LogP contribution in [0.1, 0.15) is 0 Å². The predicted molar refractivity (Wildman–Crippen MR) is 44.2 cm³/mol. The molecule has 0 saturated carbocycles. The van der Waals surface area contributed by atoms with Crippen LogP contribution in [0, 0.1) is 0 Å². The summed E-state index contributed by atoms with van der Waals surface area (Å²) in [5.41, 5.74) is 0.258. The van der Waals surface area contributed by atoms with Gasteiger partial charge in [0.2, 0.25) is 0 Å². The maximum atomic E-state index is 10.9. The molecular weight excluding hydrogens is 166 g/mol. The summed E-state index contributed by atoms with van der Waals surface area (Å²) >= 11 is 5.66. The monoisotopic (exact) mass is 173 g/mol. The molecular formula is C6H8ClN3O. The van der Waals surface area contributed by atoms with Crippen LogP contribution >= 0.6 is 11.6 Å². The van der Waals surface area contributed by atoms with Crippen molar-refractivity contribution in [3.05, 3.63) is 21.6 Å². The first kappa shape index (κ1) is 8.07. The molecule has 0 atom stereocenters. The molecule has 0 aliphatic carbocycles. The van der Waals surface area contributed by atoms with Crippen LogP contribution in [0.3, 0.4) is 0 Å². The number of nitrogens with zero attached hydrogens (tertiary/aromatic N) is 2. The summed E-state index contributed by atoms with van der Waals surface area (Å²) in [7, 11) is 3.59. The maximum Gasteiger partial charge on any atom is 0.285 e. The van der Waals surface area contributed by atoms with Crippen LogP contribution in [0.25, 0.3) is 0 Å². The molecule has 0 aliphatic rings. The highest BCUT2D eigenvalue weighted by Crippen LogP contribution is 2.16. The molecule has 0 aromatic carbocycles. The van der Waals surface area contributed by atoms with Gasteiger partial charge in [-0.25, -0.2) is 5.10 Å². The number of rotatable bonds is 1. The molecule has 4 nitrogen and oxygen atoms in total. The van der Waals surface area contributed by atoms with Crippen molar-refractivity contribution in [2.24, 2.45) is 0 Å². The molecule has 11 heavy (non-hydrogen) atoms. The largest absolute Gasteiger partial charge is 0.375 e. The van der Waals surface area contributed by atoms with Gasteiger partial charge in [0.1, 0.15) is 5.02 Å². The third kappa shape index (κ3) is 1.51. The Kier molecular flexibility index (Phi) is 2.14. The first-order valence-corrected chi connectivity index (χ1v) is 3.41. The number of anilines is 1. The Balaban J connectivity index is 3.28. The van der Waals surface area contributed by atoms with Crippen LogP contribution in [0.2, 0.25) is 5.02 Å². The highest BCUT2D eigenvalue weighted by Gasteiger charge is 2.04. The average molecular weight is 174 g/mol. The Labute approximate surface area is 68.8 Å². The van der Waals surface area contributed by atoms with E-state index in [1.807, 2.05) is 0 Å². The van der Waals surface area contributed by atoms with Crippen LogP contribution < -0.4 is 10.5 Å². The summed E-state index contributed by atoms with van der Waals surface area (Å²) in [6.45, 7) is 0. The highest BCUT2D eigenvalue weighted by molar-refractivity contribution is 6.32. The van der Waals surface area contributed by atoms with Gasteiger partial charge >= 0.3 is 0 Å². The highest BCUT2D eigenvalue weighted by atomic mass is 35.5. The molecule has 0 amide bonds.